The normalized spacial score (nSPS) is 12.6. The fraction of sp³-hybridized carbons (Fsp3) is 0.125. The molecule has 21 heavy (non-hydrogen) atoms. The summed E-state index contributed by atoms with van der Waals surface area (Å²) in [5.41, 5.74) is 2.95. The van der Waals surface area contributed by atoms with Gasteiger partial charge in [0.15, 0.2) is 0 Å². The lowest BCUT2D eigenvalue weighted by atomic mass is 10.0. The molecule has 3 nitrogen and oxygen atoms in total. The Morgan fingerprint density at radius 2 is 1.90 bits per heavy atom. The van der Waals surface area contributed by atoms with Gasteiger partial charge in [-0.3, -0.25) is 9.97 Å². The van der Waals surface area contributed by atoms with Gasteiger partial charge < -0.3 is 5.11 Å². The van der Waals surface area contributed by atoms with Crippen LogP contribution in [0.15, 0.2) is 42.6 Å². The van der Waals surface area contributed by atoms with E-state index in [4.69, 9.17) is 23.2 Å². The van der Waals surface area contributed by atoms with E-state index >= 15 is 0 Å². The molecule has 1 aromatic carbocycles. The van der Waals surface area contributed by atoms with Crippen molar-refractivity contribution in [2.75, 3.05) is 0 Å². The summed E-state index contributed by atoms with van der Waals surface area (Å²) in [6, 6.07) is 11.1. The molecule has 0 aliphatic heterocycles. The van der Waals surface area contributed by atoms with Crippen LogP contribution < -0.4 is 0 Å². The van der Waals surface area contributed by atoms with Gasteiger partial charge in [0.25, 0.3) is 0 Å². The molecule has 2 aromatic heterocycles. The Balaban J connectivity index is 2.04. The summed E-state index contributed by atoms with van der Waals surface area (Å²) in [4.78, 5) is 8.56. The topological polar surface area (TPSA) is 46.0 Å². The average Bonchev–Trinajstić information content (AvgIpc) is 2.46. The number of fused-ring (bicyclic) bond motifs is 1. The first kappa shape index (κ1) is 14.3. The summed E-state index contributed by atoms with van der Waals surface area (Å²) < 4.78 is 0. The number of pyridine rings is 2. The van der Waals surface area contributed by atoms with Gasteiger partial charge in [0, 0.05) is 17.3 Å². The predicted octanol–water partition coefficient (Wildman–Crippen LogP) is 4.33. The second-order valence-corrected chi connectivity index (χ2v) is 5.67. The maximum atomic E-state index is 10.5. The van der Waals surface area contributed by atoms with Gasteiger partial charge in [-0.15, -0.1) is 0 Å². The molecule has 106 valence electrons. The lowest BCUT2D eigenvalue weighted by Gasteiger charge is -2.13. The molecule has 0 aliphatic carbocycles. The Kier molecular flexibility index (Phi) is 3.81. The summed E-state index contributed by atoms with van der Waals surface area (Å²) in [7, 11) is 0. The van der Waals surface area contributed by atoms with Crippen molar-refractivity contribution in [1.82, 2.24) is 9.97 Å². The monoisotopic (exact) mass is 318 g/mol. The molecule has 3 aromatic rings. The van der Waals surface area contributed by atoms with Crippen molar-refractivity contribution in [2.24, 2.45) is 0 Å². The molecule has 0 saturated carbocycles. The molecule has 1 atom stereocenters. The average molecular weight is 319 g/mol. The van der Waals surface area contributed by atoms with Crippen molar-refractivity contribution in [2.45, 2.75) is 13.0 Å². The van der Waals surface area contributed by atoms with Crippen LogP contribution in [0.4, 0.5) is 0 Å². The smallest absolute Gasteiger partial charge is 0.122 e. The Morgan fingerprint density at radius 3 is 2.67 bits per heavy atom. The number of halogens is 2. The summed E-state index contributed by atoms with van der Waals surface area (Å²) in [6.45, 7) is 1.94. The Hall–Kier alpha value is -1.68. The van der Waals surface area contributed by atoms with Gasteiger partial charge in [-0.1, -0.05) is 35.3 Å². The maximum absolute atomic E-state index is 10.5. The molecule has 3 rings (SSSR count). The second kappa shape index (κ2) is 5.60. The van der Waals surface area contributed by atoms with Crippen LogP contribution in [-0.2, 0) is 0 Å². The van der Waals surface area contributed by atoms with Gasteiger partial charge in [-0.2, -0.15) is 0 Å². The van der Waals surface area contributed by atoms with Gasteiger partial charge >= 0.3 is 0 Å². The highest BCUT2D eigenvalue weighted by Crippen LogP contribution is 2.29. The number of benzene rings is 1. The van der Waals surface area contributed by atoms with Crippen LogP contribution in [0.2, 0.25) is 10.0 Å². The standard InChI is InChI=1S/C16H12Cl2N2O/c1-9-2-3-10-6-11(4-5-14(10)20-9)16(21)15-13(18)7-12(17)8-19-15/h2-8,16,21H,1H3. The molecular weight excluding hydrogens is 307 g/mol. The van der Waals surface area contributed by atoms with E-state index in [2.05, 4.69) is 9.97 Å². The van der Waals surface area contributed by atoms with Gasteiger partial charge in [0.05, 0.1) is 21.3 Å². The van der Waals surface area contributed by atoms with E-state index in [1.807, 2.05) is 37.3 Å². The number of nitrogens with zero attached hydrogens (tertiary/aromatic N) is 2. The third kappa shape index (κ3) is 2.86. The third-order valence-corrected chi connectivity index (χ3v) is 3.77. The van der Waals surface area contributed by atoms with Crippen molar-refractivity contribution in [3.8, 4) is 0 Å². The number of hydrogen-bond acceptors (Lipinski definition) is 3. The Labute approximate surface area is 132 Å². The van der Waals surface area contributed by atoms with E-state index in [-0.39, 0.29) is 0 Å². The van der Waals surface area contributed by atoms with Crippen LogP contribution in [0.1, 0.15) is 23.1 Å². The van der Waals surface area contributed by atoms with E-state index in [9.17, 15) is 5.11 Å². The number of aliphatic hydroxyl groups excluding tert-OH is 1. The molecule has 0 fully saturated rings. The van der Waals surface area contributed by atoms with Crippen molar-refractivity contribution < 1.29 is 5.11 Å². The van der Waals surface area contributed by atoms with Crippen LogP contribution in [0.25, 0.3) is 10.9 Å². The lowest BCUT2D eigenvalue weighted by molar-refractivity contribution is 0.215. The van der Waals surface area contributed by atoms with E-state index < -0.39 is 6.10 Å². The quantitative estimate of drug-likeness (QED) is 0.765. The third-order valence-electron chi connectivity index (χ3n) is 3.26. The fourth-order valence-electron chi connectivity index (χ4n) is 2.20. The first-order chi connectivity index (χ1) is 10.0. The molecular formula is C16H12Cl2N2O. The number of aromatic nitrogens is 2. The van der Waals surface area contributed by atoms with Gasteiger partial charge in [-0.25, -0.2) is 0 Å². The van der Waals surface area contributed by atoms with Crippen LogP contribution in [0.5, 0.6) is 0 Å². The fourth-order valence-corrected chi connectivity index (χ4v) is 2.68. The minimum absolute atomic E-state index is 0.345. The zero-order chi connectivity index (χ0) is 15.0. The van der Waals surface area contributed by atoms with Crippen molar-refractivity contribution >= 4 is 34.1 Å². The van der Waals surface area contributed by atoms with Crippen molar-refractivity contribution in [3.05, 3.63) is 69.6 Å². The minimum Gasteiger partial charge on any atom is -0.382 e. The number of hydrogen-bond donors (Lipinski definition) is 1. The summed E-state index contributed by atoms with van der Waals surface area (Å²) >= 11 is 11.9. The Morgan fingerprint density at radius 1 is 1.10 bits per heavy atom. The lowest BCUT2D eigenvalue weighted by Crippen LogP contribution is -2.03. The first-order valence-corrected chi connectivity index (χ1v) is 7.16. The Bertz CT molecular complexity index is 820. The first-order valence-electron chi connectivity index (χ1n) is 6.41. The van der Waals surface area contributed by atoms with Gasteiger partial charge in [-0.05, 0) is 36.8 Å². The summed E-state index contributed by atoms with van der Waals surface area (Å²) in [5, 5.41) is 12.2. The van der Waals surface area contributed by atoms with E-state index in [1.54, 1.807) is 6.07 Å². The summed E-state index contributed by atoms with van der Waals surface area (Å²) in [5.74, 6) is 0. The maximum Gasteiger partial charge on any atom is 0.122 e. The molecule has 0 saturated heterocycles. The predicted molar refractivity (Wildman–Crippen MR) is 84.8 cm³/mol. The van der Waals surface area contributed by atoms with Crippen LogP contribution in [0, 0.1) is 6.92 Å². The highest BCUT2D eigenvalue weighted by molar-refractivity contribution is 6.34. The molecule has 0 amide bonds. The zero-order valence-corrected chi connectivity index (χ0v) is 12.7. The SMILES string of the molecule is Cc1ccc2cc(C(O)c3ncc(Cl)cc3Cl)ccc2n1. The number of aryl methyl sites for hydroxylation is 1. The highest BCUT2D eigenvalue weighted by atomic mass is 35.5. The molecule has 0 radical (unpaired) electrons. The molecule has 5 heteroatoms. The van der Waals surface area contributed by atoms with Gasteiger partial charge in [0.1, 0.15) is 6.10 Å². The second-order valence-electron chi connectivity index (χ2n) is 4.83. The molecule has 1 N–H and O–H groups in total. The largest absolute Gasteiger partial charge is 0.382 e. The molecule has 0 spiro atoms. The number of aliphatic hydroxyl groups is 1. The number of rotatable bonds is 2. The molecule has 2 heterocycles. The van der Waals surface area contributed by atoms with Crippen LogP contribution in [0.3, 0.4) is 0 Å². The molecule has 1 unspecified atom stereocenters. The van der Waals surface area contributed by atoms with E-state index in [1.165, 1.54) is 6.20 Å². The van der Waals surface area contributed by atoms with Crippen LogP contribution >= 0.6 is 23.2 Å². The summed E-state index contributed by atoms with van der Waals surface area (Å²) in [6.07, 6.45) is 0.568. The van der Waals surface area contributed by atoms with Gasteiger partial charge in [0.2, 0.25) is 0 Å². The van der Waals surface area contributed by atoms with E-state index in [0.717, 1.165) is 16.6 Å². The highest BCUT2D eigenvalue weighted by Gasteiger charge is 2.16. The molecule has 0 bridgehead atoms. The zero-order valence-electron chi connectivity index (χ0n) is 11.2. The van der Waals surface area contributed by atoms with Crippen molar-refractivity contribution in [1.29, 1.82) is 0 Å². The minimum atomic E-state index is -0.902. The molecule has 0 aliphatic rings. The van der Waals surface area contributed by atoms with E-state index in [0.29, 0.717) is 21.3 Å². The van der Waals surface area contributed by atoms with Crippen LogP contribution in [-0.4, -0.2) is 15.1 Å². The van der Waals surface area contributed by atoms with Crippen molar-refractivity contribution in [3.63, 3.8) is 0 Å².